The number of hydrogen-bond donors (Lipinski definition) is 0. The predicted octanol–water partition coefficient (Wildman–Crippen LogP) is 3.69. The van der Waals surface area contributed by atoms with Gasteiger partial charge in [0.15, 0.2) is 0 Å². The lowest BCUT2D eigenvalue weighted by Crippen LogP contribution is -2.27. The number of carbonyl (C=O) groups is 1. The molecular weight excluding hydrogens is 274 g/mol. The summed E-state index contributed by atoms with van der Waals surface area (Å²) in [5.74, 6) is -0.0317. The number of amides is 1. The van der Waals surface area contributed by atoms with Crippen molar-refractivity contribution in [2.75, 3.05) is 6.54 Å². The number of thiocarbonyl (C=S) groups is 1. The summed E-state index contributed by atoms with van der Waals surface area (Å²) in [6.07, 6.45) is 3.61. The Bertz CT molecular complexity index is 590. The first-order valence-corrected chi connectivity index (χ1v) is 7.19. The summed E-state index contributed by atoms with van der Waals surface area (Å²) >= 11 is 6.57. The van der Waals surface area contributed by atoms with Crippen molar-refractivity contribution in [1.29, 1.82) is 0 Å². The average Bonchev–Trinajstić information content (AvgIpc) is 2.62. The van der Waals surface area contributed by atoms with E-state index in [9.17, 15) is 4.79 Å². The van der Waals surface area contributed by atoms with E-state index < -0.39 is 0 Å². The van der Waals surface area contributed by atoms with Crippen LogP contribution in [0.3, 0.4) is 0 Å². The maximum atomic E-state index is 12.2. The molecule has 0 aromatic heterocycles. The Morgan fingerprint density at radius 1 is 1.42 bits per heavy atom. The Morgan fingerprint density at radius 3 is 2.84 bits per heavy atom. The molecule has 0 aliphatic carbocycles. The standard InChI is InChI=1S/C15H15NOS2/c1-4-7-16-14(17)13(19-15(16)18)9-12-8-10(2)5-6-11(12)3/h4-6,8-9H,1,7H2,2-3H3/b13-9+. The summed E-state index contributed by atoms with van der Waals surface area (Å²) in [6, 6.07) is 6.20. The Balaban J connectivity index is 2.34. The van der Waals surface area contributed by atoms with Crippen LogP contribution in [-0.4, -0.2) is 21.7 Å². The number of rotatable bonds is 3. The molecule has 0 spiro atoms. The van der Waals surface area contributed by atoms with Gasteiger partial charge in [0.2, 0.25) is 0 Å². The fourth-order valence-electron chi connectivity index (χ4n) is 1.84. The summed E-state index contributed by atoms with van der Waals surface area (Å²) in [5.41, 5.74) is 3.40. The molecular formula is C15H15NOS2. The van der Waals surface area contributed by atoms with Crippen molar-refractivity contribution >= 4 is 40.3 Å². The fraction of sp³-hybridized carbons (Fsp3) is 0.200. The van der Waals surface area contributed by atoms with Gasteiger partial charge >= 0.3 is 0 Å². The van der Waals surface area contributed by atoms with Crippen molar-refractivity contribution in [3.63, 3.8) is 0 Å². The lowest BCUT2D eigenvalue weighted by Gasteiger charge is -2.10. The normalized spacial score (nSPS) is 17.4. The zero-order valence-corrected chi connectivity index (χ0v) is 12.6. The van der Waals surface area contributed by atoms with Crippen LogP contribution < -0.4 is 0 Å². The third kappa shape index (κ3) is 2.96. The second-order valence-corrected chi connectivity index (χ2v) is 6.12. The lowest BCUT2D eigenvalue weighted by molar-refractivity contribution is -0.121. The third-order valence-corrected chi connectivity index (χ3v) is 4.28. The van der Waals surface area contributed by atoms with Gasteiger partial charge in [-0.3, -0.25) is 9.69 Å². The van der Waals surface area contributed by atoms with Gasteiger partial charge in [-0.25, -0.2) is 0 Å². The van der Waals surface area contributed by atoms with Crippen molar-refractivity contribution in [2.24, 2.45) is 0 Å². The molecule has 1 aliphatic rings. The van der Waals surface area contributed by atoms with Gasteiger partial charge in [-0.15, -0.1) is 6.58 Å². The SMILES string of the molecule is C=CCN1C(=O)/C(=C\c2cc(C)ccc2C)SC1=S. The molecule has 1 fully saturated rings. The molecule has 1 amide bonds. The topological polar surface area (TPSA) is 20.3 Å². The van der Waals surface area contributed by atoms with Crippen LogP contribution in [0.15, 0.2) is 35.8 Å². The minimum absolute atomic E-state index is 0.0317. The molecule has 1 saturated heterocycles. The highest BCUT2D eigenvalue weighted by Gasteiger charge is 2.30. The summed E-state index contributed by atoms with van der Waals surface area (Å²) in [4.78, 5) is 14.5. The largest absolute Gasteiger partial charge is 0.289 e. The predicted molar refractivity (Wildman–Crippen MR) is 86.0 cm³/mol. The maximum Gasteiger partial charge on any atom is 0.266 e. The van der Waals surface area contributed by atoms with Crippen LogP contribution in [0.4, 0.5) is 0 Å². The first kappa shape index (κ1) is 14.0. The van der Waals surface area contributed by atoms with Gasteiger partial charge in [-0.2, -0.15) is 0 Å². The average molecular weight is 289 g/mol. The van der Waals surface area contributed by atoms with Crippen LogP contribution in [0.25, 0.3) is 6.08 Å². The van der Waals surface area contributed by atoms with E-state index in [0.717, 1.165) is 11.1 Å². The summed E-state index contributed by atoms with van der Waals surface area (Å²) < 4.78 is 0.599. The Kier molecular flexibility index (Phi) is 4.22. The first-order chi connectivity index (χ1) is 9.02. The highest BCUT2D eigenvalue weighted by molar-refractivity contribution is 8.26. The van der Waals surface area contributed by atoms with E-state index in [-0.39, 0.29) is 5.91 Å². The molecule has 4 heteroatoms. The van der Waals surface area contributed by atoms with Gasteiger partial charge in [0.05, 0.1) is 4.91 Å². The van der Waals surface area contributed by atoms with Crippen LogP contribution in [0.5, 0.6) is 0 Å². The van der Waals surface area contributed by atoms with E-state index in [1.54, 1.807) is 11.0 Å². The molecule has 0 saturated carbocycles. The highest BCUT2D eigenvalue weighted by atomic mass is 32.2. The lowest BCUT2D eigenvalue weighted by atomic mass is 10.1. The van der Waals surface area contributed by atoms with Crippen LogP contribution in [-0.2, 0) is 4.79 Å². The van der Waals surface area contributed by atoms with Crippen LogP contribution in [0.2, 0.25) is 0 Å². The first-order valence-electron chi connectivity index (χ1n) is 5.96. The molecule has 0 N–H and O–H groups in total. The smallest absolute Gasteiger partial charge is 0.266 e. The highest BCUT2D eigenvalue weighted by Crippen LogP contribution is 2.32. The summed E-state index contributed by atoms with van der Waals surface area (Å²) in [5, 5.41) is 0. The number of nitrogens with zero attached hydrogens (tertiary/aromatic N) is 1. The second-order valence-electron chi connectivity index (χ2n) is 4.44. The molecule has 1 aromatic carbocycles. The third-order valence-electron chi connectivity index (χ3n) is 2.91. The number of thioether (sulfide) groups is 1. The Labute approximate surface area is 123 Å². The van der Waals surface area contributed by atoms with Gasteiger partial charge in [0.1, 0.15) is 4.32 Å². The molecule has 0 atom stereocenters. The van der Waals surface area contributed by atoms with Crippen molar-refractivity contribution in [2.45, 2.75) is 13.8 Å². The molecule has 0 radical (unpaired) electrons. The minimum atomic E-state index is -0.0317. The quantitative estimate of drug-likeness (QED) is 0.481. The molecule has 0 unspecified atom stereocenters. The monoisotopic (exact) mass is 289 g/mol. The minimum Gasteiger partial charge on any atom is -0.289 e. The van der Waals surface area contributed by atoms with E-state index in [0.29, 0.717) is 15.8 Å². The van der Waals surface area contributed by atoms with Gasteiger partial charge in [-0.1, -0.05) is 53.8 Å². The van der Waals surface area contributed by atoms with Crippen molar-refractivity contribution in [1.82, 2.24) is 4.90 Å². The molecule has 0 bridgehead atoms. The van der Waals surface area contributed by atoms with E-state index in [1.807, 2.05) is 19.9 Å². The van der Waals surface area contributed by atoms with E-state index >= 15 is 0 Å². The number of aryl methyl sites for hydroxylation is 2. The van der Waals surface area contributed by atoms with Gasteiger partial charge < -0.3 is 0 Å². The van der Waals surface area contributed by atoms with Gasteiger partial charge in [0, 0.05) is 6.54 Å². The van der Waals surface area contributed by atoms with E-state index in [2.05, 4.69) is 24.8 Å². The summed E-state index contributed by atoms with van der Waals surface area (Å²) in [7, 11) is 0. The molecule has 2 rings (SSSR count). The number of hydrogen-bond acceptors (Lipinski definition) is 3. The zero-order chi connectivity index (χ0) is 14.0. The van der Waals surface area contributed by atoms with Crippen LogP contribution in [0.1, 0.15) is 16.7 Å². The fourth-order valence-corrected chi connectivity index (χ4v) is 3.11. The van der Waals surface area contributed by atoms with Gasteiger partial charge in [-0.05, 0) is 31.1 Å². The van der Waals surface area contributed by atoms with E-state index in [1.165, 1.54) is 17.3 Å². The molecule has 19 heavy (non-hydrogen) atoms. The van der Waals surface area contributed by atoms with Crippen molar-refractivity contribution in [3.8, 4) is 0 Å². The second kappa shape index (κ2) is 5.72. The van der Waals surface area contributed by atoms with Crippen molar-refractivity contribution in [3.05, 3.63) is 52.4 Å². The molecule has 1 aliphatic heterocycles. The van der Waals surface area contributed by atoms with Crippen LogP contribution >= 0.6 is 24.0 Å². The van der Waals surface area contributed by atoms with E-state index in [4.69, 9.17) is 12.2 Å². The zero-order valence-electron chi connectivity index (χ0n) is 11.0. The molecule has 1 aromatic rings. The summed E-state index contributed by atoms with van der Waals surface area (Å²) in [6.45, 7) is 8.19. The molecule has 98 valence electrons. The van der Waals surface area contributed by atoms with Gasteiger partial charge in [0.25, 0.3) is 5.91 Å². The Morgan fingerprint density at radius 2 is 2.16 bits per heavy atom. The number of benzene rings is 1. The molecule has 1 heterocycles. The number of carbonyl (C=O) groups excluding carboxylic acids is 1. The Hall–Kier alpha value is -1.39. The van der Waals surface area contributed by atoms with Crippen molar-refractivity contribution < 1.29 is 4.79 Å². The molecule has 2 nitrogen and oxygen atoms in total. The van der Waals surface area contributed by atoms with Crippen LogP contribution in [0, 0.1) is 13.8 Å². The maximum absolute atomic E-state index is 12.2.